The second kappa shape index (κ2) is 7.38. The van der Waals surface area contributed by atoms with E-state index in [-0.39, 0.29) is 6.61 Å². The van der Waals surface area contributed by atoms with Gasteiger partial charge in [-0.05, 0) is 30.5 Å². The van der Waals surface area contributed by atoms with Crippen molar-refractivity contribution in [3.63, 3.8) is 0 Å². The van der Waals surface area contributed by atoms with Crippen LogP contribution < -0.4 is 15.7 Å². The molecule has 7 nitrogen and oxygen atoms in total. The topological polar surface area (TPSA) is 88.8 Å². The Morgan fingerprint density at radius 2 is 2.16 bits per heavy atom. The summed E-state index contributed by atoms with van der Waals surface area (Å²) >= 11 is 0. The van der Waals surface area contributed by atoms with Gasteiger partial charge in [-0.15, -0.1) is 0 Å². The molecule has 0 radical (unpaired) electrons. The standard InChI is InChI=1S/C18H20N2O5/c1-2-3-4-12-9-17(22)25-15-10-13(5-6-14(12)15)24-11-16(21)20-8-7-19-18(20)23/h5-6,9-10H,2-4,7-8,11H2,1H3,(H,19,23). The van der Waals surface area contributed by atoms with Gasteiger partial charge in [-0.1, -0.05) is 13.3 Å². The molecule has 0 unspecified atom stereocenters. The van der Waals surface area contributed by atoms with Crippen LogP contribution in [0.2, 0.25) is 0 Å². The maximum atomic E-state index is 12.0. The van der Waals surface area contributed by atoms with Crippen molar-refractivity contribution in [2.45, 2.75) is 26.2 Å². The van der Waals surface area contributed by atoms with Crippen molar-refractivity contribution in [1.29, 1.82) is 0 Å². The Morgan fingerprint density at radius 3 is 2.88 bits per heavy atom. The summed E-state index contributed by atoms with van der Waals surface area (Å²) in [6.07, 6.45) is 2.83. The van der Waals surface area contributed by atoms with E-state index in [9.17, 15) is 14.4 Å². The number of rotatable bonds is 6. The van der Waals surface area contributed by atoms with Gasteiger partial charge in [-0.3, -0.25) is 9.69 Å². The number of aryl methyl sites for hydroxylation is 1. The summed E-state index contributed by atoms with van der Waals surface area (Å²) < 4.78 is 10.7. The molecule has 0 saturated carbocycles. The maximum Gasteiger partial charge on any atom is 0.336 e. The third kappa shape index (κ3) is 3.81. The Kier molecular flexibility index (Phi) is 5.02. The van der Waals surface area contributed by atoms with E-state index in [4.69, 9.17) is 9.15 Å². The highest BCUT2D eigenvalue weighted by Crippen LogP contribution is 2.24. The molecule has 2 heterocycles. The lowest BCUT2D eigenvalue weighted by Crippen LogP contribution is -2.37. The highest BCUT2D eigenvalue weighted by Gasteiger charge is 2.26. The summed E-state index contributed by atoms with van der Waals surface area (Å²) in [5.74, 6) is 0.00416. The van der Waals surface area contributed by atoms with E-state index in [0.29, 0.717) is 24.4 Å². The number of hydrogen-bond donors (Lipinski definition) is 1. The first kappa shape index (κ1) is 17.0. The van der Waals surface area contributed by atoms with Crippen molar-refractivity contribution in [1.82, 2.24) is 10.2 Å². The van der Waals surface area contributed by atoms with Crippen LogP contribution in [0.4, 0.5) is 4.79 Å². The predicted molar refractivity (Wildman–Crippen MR) is 91.7 cm³/mol. The number of imide groups is 1. The fraction of sp³-hybridized carbons (Fsp3) is 0.389. The van der Waals surface area contributed by atoms with Crippen LogP contribution >= 0.6 is 0 Å². The van der Waals surface area contributed by atoms with Crippen LogP contribution in [0.15, 0.2) is 33.5 Å². The Bertz CT molecular complexity index is 858. The zero-order valence-corrected chi connectivity index (χ0v) is 14.0. The number of benzene rings is 1. The van der Waals surface area contributed by atoms with Crippen molar-refractivity contribution < 1.29 is 18.7 Å². The smallest absolute Gasteiger partial charge is 0.336 e. The summed E-state index contributed by atoms with van der Waals surface area (Å²) in [7, 11) is 0. The SMILES string of the molecule is CCCCc1cc(=O)oc2cc(OCC(=O)N3CCNC3=O)ccc12. The van der Waals surface area contributed by atoms with Crippen LogP contribution in [-0.4, -0.2) is 36.5 Å². The lowest BCUT2D eigenvalue weighted by molar-refractivity contribution is -0.129. The van der Waals surface area contributed by atoms with Gasteiger partial charge in [0.15, 0.2) is 6.61 Å². The van der Waals surface area contributed by atoms with E-state index in [1.54, 1.807) is 12.1 Å². The van der Waals surface area contributed by atoms with E-state index in [1.807, 2.05) is 6.07 Å². The van der Waals surface area contributed by atoms with Gasteiger partial charge in [0, 0.05) is 30.6 Å². The predicted octanol–water partition coefficient (Wildman–Crippen LogP) is 2.07. The summed E-state index contributed by atoms with van der Waals surface area (Å²) in [5.41, 5.74) is 0.979. The van der Waals surface area contributed by atoms with Crippen LogP contribution in [0.1, 0.15) is 25.3 Å². The quantitative estimate of drug-likeness (QED) is 0.810. The second-order valence-corrected chi connectivity index (χ2v) is 5.92. The van der Waals surface area contributed by atoms with Crippen molar-refractivity contribution >= 4 is 22.9 Å². The number of urea groups is 1. The van der Waals surface area contributed by atoms with E-state index >= 15 is 0 Å². The molecule has 7 heteroatoms. The molecular weight excluding hydrogens is 324 g/mol. The lowest BCUT2D eigenvalue weighted by atomic mass is 10.0. The molecule has 0 bridgehead atoms. The summed E-state index contributed by atoms with van der Waals surface area (Å²) in [5, 5.41) is 3.43. The Balaban J connectivity index is 1.75. The largest absolute Gasteiger partial charge is 0.484 e. The average molecular weight is 344 g/mol. The second-order valence-electron chi connectivity index (χ2n) is 5.92. The average Bonchev–Trinajstić information content (AvgIpc) is 3.03. The number of fused-ring (bicyclic) bond motifs is 1. The number of carbonyl (C=O) groups is 2. The molecule has 1 aromatic carbocycles. The third-order valence-electron chi connectivity index (χ3n) is 4.12. The number of nitrogens with one attached hydrogen (secondary N) is 1. The van der Waals surface area contributed by atoms with Crippen LogP contribution in [0.25, 0.3) is 11.0 Å². The van der Waals surface area contributed by atoms with Crippen molar-refractivity contribution in [3.05, 3.63) is 40.2 Å². The minimum Gasteiger partial charge on any atom is -0.484 e. The first-order valence-corrected chi connectivity index (χ1v) is 8.36. The van der Waals surface area contributed by atoms with E-state index < -0.39 is 17.6 Å². The normalized spacial score (nSPS) is 14.0. The van der Waals surface area contributed by atoms with Crippen molar-refractivity contribution in [3.8, 4) is 5.75 Å². The van der Waals surface area contributed by atoms with Gasteiger partial charge in [0.1, 0.15) is 11.3 Å². The number of carbonyl (C=O) groups excluding carboxylic acids is 2. The highest BCUT2D eigenvalue weighted by atomic mass is 16.5. The van der Waals surface area contributed by atoms with Crippen LogP contribution in [0.5, 0.6) is 5.75 Å². The molecule has 1 saturated heterocycles. The van der Waals surface area contributed by atoms with Gasteiger partial charge < -0.3 is 14.5 Å². The minimum absolute atomic E-state index is 0.251. The van der Waals surface area contributed by atoms with E-state index in [0.717, 1.165) is 35.1 Å². The number of hydrogen-bond acceptors (Lipinski definition) is 5. The molecule has 25 heavy (non-hydrogen) atoms. The fourth-order valence-corrected chi connectivity index (χ4v) is 2.81. The van der Waals surface area contributed by atoms with Gasteiger partial charge in [-0.25, -0.2) is 9.59 Å². The number of ether oxygens (including phenoxy) is 1. The molecule has 3 rings (SSSR count). The number of amides is 3. The third-order valence-corrected chi connectivity index (χ3v) is 4.12. The molecule has 1 aliphatic rings. The monoisotopic (exact) mass is 344 g/mol. The molecule has 1 aromatic heterocycles. The molecular formula is C18H20N2O5. The van der Waals surface area contributed by atoms with E-state index in [2.05, 4.69) is 12.2 Å². The Hall–Kier alpha value is -2.83. The Labute approximate surface area is 144 Å². The molecule has 0 aliphatic carbocycles. The highest BCUT2D eigenvalue weighted by molar-refractivity contribution is 5.96. The fourth-order valence-electron chi connectivity index (χ4n) is 2.81. The molecule has 132 valence electrons. The number of nitrogens with zero attached hydrogens (tertiary/aromatic N) is 1. The van der Waals surface area contributed by atoms with Gasteiger partial charge >= 0.3 is 11.7 Å². The summed E-state index contributed by atoms with van der Waals surface area (Å²) in [6.45, 7) is 2.64. The van der Waals surface area contributed by atoms with Gasteiger partial charge in [0.05, 0.1) is 0 Å². The van der Waals surface area contributed by atoms with Gasteiger partial charge in [-0.2, -0.15) is 0 Å². The summed E-state index contributed by atoms with van der Waals surface area (Å²) in [4.78, 5) is 36.3. The molecule has 0 spiro atoms. The first-order valence-electron chi connectivity index (χ1n) is 8.36. The zero-order chi connectivity index (χ0) is 17.8. The molecule has 1 aliphatic heterocycles. The van der Waals surface area contributed by atoms with E-state index in [1.165, 1.54) is 6.07 Å². The molecule has 0 atom stereocenters. The molecule has 2 aromatic rings. The van der Waals surface area contributed by atoms with Crippen LogP contribution in [0, 0.1) is 0 Å². The molecule has 1 fully saturated rings. The zero-order valence-electron chi connectivity index (χ0n) is 14.0. The lowest BCUT2D eigenvalue weighted by Gasteiger charge is -2.13. The van der Waals surface area contributed by atoms with Crippen LogP contribution in [-0.2, 0) is 11.2 Å². The van der Waals surface area contributed by atoms with Crippen molar-refractivity contribution in [2.24, 2.45) is 0 Å². The van der Waals surface area contributed by atoms with Crippen molar-refractivity contribution in [2.75, 3.05) is 19.7 Å². The maximum absolute atomic E-state index is 12.0. The Morgan fingerprint density at radius 1 is 1.32 bits per heavy atom. The van der Waals surface area contributed by atoms with Gasteiger partial charge in [0.25, 0.3) is 5.91 Å². The first-order chi connectivity index (χ1) is 12.1. The van der Waals surface area contributed by atoms with Crippen LogP contribution in [0.3, 0.4) is 0 Å². The summed E-state index contributed by atoms with van der Waals surface area (Å²) in [6, 6.07) is 6.27. The molecule has 1 N–H and O–H groups in total. The molecule has 3 amide bonds. The minimum atomic E-state index is -0.409. The number of unbranched alkanes of at least 4 members (excludes halogenated alkanes) is 1. The van der Waals surface area contributed by atoms with Gasteiger partial charge in [0.2, 0.25) is 0 Å².